The second-order valence-electron chi connectivity index (χ2n) is 4.94. The first-order valence-electron chi connectivity index (χ1n) is 7.16. The highest BCUT2D eigenvalue weighted by atomic mass is 79.9. The molecule has 0 atom stereocenters. The Kier molecular flexibility index (Phi) is 7.14. The molecule has 1 rings (SSSR count). The molecule has 0 aliphatic carbocycles. The lowest BCUT2D eigenvalue weighted by Gasteiger charge is -2.23. The van der Waals surface area contributed by atoms with Crippen molar-refractivity contribution in [3.8, 4) is 0 Å². The largest absolute Gasteiger partial charge is 0.339 e. The van der Waals surface area contributed by atoms with E-state index in [-0.39, 0.29) is 5.91 Å². The lowest BCUT2D eigenvalue weighted by Crippen LogP contribution is -2.33. The van der Waals surface area contributed by atoms with Crippen molar-refractivity contribution in [1.29, 1.82) is 0 Å². The van der Waals surface area contributed by atoms with E-state index in [1.807, 2.05) is 30.0 Å². The third-order valence-electron chi connectivity index (χ3n) is 3.27. The Morgan fingerprint density at radius 2 is 1.74 bits per heavy atom. The molecule has 0 N–H and O–H groups in total. The van der Waals surface area contributed by atoms with Crippen LogP contribution in [0.25, 0.3) is 0 Å². The minimum Gasteiger partial charge on any atom is -0.339 e. The molecule has 1 aromatic carbocycles. The van der Waals surface area contributed by atoms with Gasteiger partial charge in [-0.1, -0.05) is 38.8 Å². The van der Waals surface area contributed by atoms with E-state index >= 15 is 0 Å². The zero-order valence-corrected chi connectivity index (χ0v) is 13.8. The average molecular weight is 326 g/mol. The van der Waals surface area contributed by atoms with Crippen LogP contribution in [0.15, 0.2) is 22.7 Å². The van der Waals surface area contributed by atoms with Gasteiger partial charge >= 0.3 is 0 Å². The third kappa shape index (κ3) is 4.64. The predicted molar refractivity (Wildman–Crippen MR) is 84.6 cm³/mol. The molecule has 106 valence electrons. The summed E-state index contributed by atoms with van der Waals surface area (Å²) >= 11 is 3.54. The fraction of sp³-hybridized carbons (Fsp3) is 0.562. The standard InChI is InChI=1S/C16H24BrNO/c1-4-6-11-18(12-7-5-2)16(19)14-10-8-9-13(3)15(14)17/h8-10H,4-7,11-12H2,1-3H3. The van der Waals surface area contributed by atoms with Gasteiger partial charge in [-0.3, -0.25) is 4.79 Å². The number of rotatable bonds is 7. The summed E-state index contributed by atoms with van der Waals surface area (Å²) in [5.41, 5.74) is 1.89. The summed E-state index contributed by atoms with van der Waals surface area (Å²) < 4.78 is 0.929. The van der Waals surface area contributed by atoms with Crippen molar-refractivity contribution < 1.29 is 4.79 Å². The van der Waals surface area contributed by atoms with Crippen LogP contribution in [-0.4, -0.2) is 23.9 Å². The van der Waals surface area contributed by atoms with Gasteiger partial charge in [-0.25, -0.2) is 0 Å². The molecule has 0 fully saturated rings. The number of aryl methyl sites for hydroxylation is 1. The van der Waals surface area contributed by atoms with Crippen LogP contribution in [0.1, 0.15) is 55.5 Å². The first-order chi connectivity index (χ1) is 9.11. The maximum absolute atomic E-state index is 12.6. The van der Waals surface area contributed by atoms with Crippen molar-refractivity contribution in [2.45, 2.75) is 46.5 Å². The van der Waals surface area contributed by atoms with Crippen LogP contribution in [0, 0.1) is 6.92 Å². The fourth-order valence-corrected chi connectivity index (χ4v) is 2.43. The average Bonchev–Trinajstić information content (AvgIpc) is 2.41. The van der Waals surface area contributed by atoms with Crippen LogP contribution in [0.4, 0.5) is 0 Å². The van der Waals surface area contributed by atoms with Crippen LogP contribution in [0.5, 0.6) is 0 Å². The monoisotopic (exact) mass is 325 g/mol. The van der Waals surface area contributed by atoms with Crippen molar-refractivity contribution in [3.05, 3.63) is 33.8 Å². The van der Waals surface area contributed by atoms with Gasteiger partial charge in [-0.2, -0.15) is 0 Å². The van der Waals surface area contributed by atoms with Crippen LogP contribution >= 0.6 is 15.9 Å². The summed E-state index contributed by atoms with van der Waals surface area (Å²) in [6.07, 6.45) is 4.37. The summed E-state index contributed by atoms with van der Waals surface area (Å²) in [6.45, 7) is 8.05. The number of halogens is 1. The summed E-state index contributed by atoms with van der Waals surface area (Å²) in [7, 11) is 0. The summed E-state index contributed by atoms with van der Waals surface area (Å²) in [6, 6.07) is 5.87. The molecule has 0 saturated heterocycles. The molecule has 0 heterocycles. The van der Waals surface area contributed by atoms with Gasteiger partial charge in [0.25, 0.3) is 5.91 Å². The van der Waals surface area contributed by atoms with E-state index < -0.39 is 0 Å². The molecule has 0 saturated carbocycles. The second-order valence-corrected chi connectivity index (χ2v) is 5.73. The minimum absolute atomic E-state index is 0.150. The molecule has 1 amide bonds. The number of carbonyl (C=O) groups is 1. The van der Waals surface area contributed by atoms with Gasteiger partial charge in [-0.15, -0.1) is 0 Å². The fourth-order valence-electron chi connectivity index (χ4n) is 2.00. The van der Waals surface area contributed by atoms with Crippen LogP contribution in [0.3, 0.4) is 0 Å². The number of hydrogen-bond donors (Lipinski definition) is 0. The van der Waals surface area contributed by atoms with Crippen molar-refractivity contribution in [2.24, 2.45) is 0 Å². The third-order valence-corrected chi connectivity index (χ3v) is 4.33. The van der Waals surface area contributed by atoms with Crippen LogP contribution < -0.4 is 0 Å². The Morgan fingerprint density at radius 3 is 2.26 bits per heavy atom. The molecule has 0 aliphatic rings. The lowest BCUT2D eigenvalue weighted by molar-refractivity contribution is 0.0750. The topological polar surface area (TPSA) is 20.3 Å². The molecule has 1 aromatic rings. The summed E-state index contributed by atoms with van der Waals surface area (Å²) in [5.74, 6) is 0.150. The van der Waals surface area contributed by atoms with Gasteiger partial charge in [0.1, 0.15) is 0 Å². The molecule has 2 nitrogen and oxygen atoms in total. The number of unbranched alkanes of at least 4 members (excludes halogenated alkanes) is 2. The normalized spacial score (nSPS) is 10.5. The molecule has 0 spiro atoms. The van der Waals surface area contributed by atoms with Gasteiger partial charge in [0.2, 0.25) is 0 Å². The Bertz CT molecular complexity index is 409. The lowest BCUT2D eigenvalue weighted by atomic mass is 10.1. The van der Waals surface area contributed by atoms with Crippen molar-refractivity contribution in [1.82, 2.24) is 4.90 Å². The van der Waals surface area contributed by atoms with E-state index in [4.69, 9.17) is 0 Å². The number of amides is 1. The van der Waals surface area contributed by atoms with Gasteiger partial charge in [0.15, 0.2) is 0 Å². The zero-order chi connectivity index (χ0) is 14.3. The molecular formula is C16H24BrNO. The summed E-state index contributed by atoms with van der Waals surface area (Å²) in [4.78, 5) is 14.6. The molecular weight excluding hydrogens is 302 g/mol. The van der Waals surface area contributed by atoms with E-state index in [0.29, 0.717) is 0 Å². The Balaban J connectivity index is 2.87. The van der Waals surface area contributed by atoms with Crippen molar-refractivity contribution in [2.75, 3.05) is 13.1 Å². The van der Waals surface area contributed by atoms with Gasteiger partial charge in [0.05, 0.1) is 5.56 Å². The van der Waals surface area contributed by atoms with Gasteiger partial charge in [-0.05, 0) is 47.3 Å². The first kappa shape index (κ1) is 16.2. The van der Waals surface area contributed by atoms with Crippen LogP contribution in [-0.2, 0) is 0 Å². The van der Waals surface area contributed by atoms with E-state index in [0.717, 1.165) is 54.4 Å². The van der Waals surface area contributed by atoms with Gasteiger partial charge < -0.3 is 4.90 Å². The highest BCUT2D eigenvalue weighted by molar-refractivity contribution is 9.10. The van der Waals surface area contributed by atoms with Crippen LogP contribution in [0.2, 0.25) is 0 Å². The predicted octanol–water partition coefficient (Wildman–Crippen LogP) is 4.80. The zero-order valence-electron chi connectivity index (χ0n) is 12.2. The van der Waals surface area contributed by atoms with E-state index in [1.54, 1.807) is 0 Å². The SMILES string of the molecule is CCCCN(CCCC)C(=O)c1cccc(C)c1Br. The van der Waals surface area contributed by atoms with Crippen molar-refractivity contribution >= 4 is 21.8 Å². The molecule has 0 radical (unpaired) electrons. The van der Waals surface area contributed by atoms with Crippen molar-refractivity contribution in [3.63, 3.8) is 0 Å². The maximum atomic E-state index is 12.6. The number of benzene rings is 1. The number of hydrogen-bond acceptors (Lipinski definition) is 1. The Hall–Kier alpha value is -0.830. The molecule has 3 heteroatoms. The number of nitrogens with zero attached hydrogens (tertiary/aromatic N) is 1. The minimum atomic E-state index is 0.150. The van der Waals surface area contributed by atoms with E-state index in [1.165, 1.54) is 0 Å². The molecule has 0 aliphatic heterocycles. The smallest absolute Gasteiger partial charge is 0.255 e. The Labute approximate surface area is 125 Å². The highest BCUT2D eigenvalue weighted by Gasteiger charge is 2.17. The van der Waals surface area contributed by atoms with E-state index in [9.17, 15) is 4.79 Å². The van der Waals surface area contributed by atoms with Gasteiger partial charge in [0, 0.05) is 17.6 Å². The second kappa shape index (κ2) is 8.36. The molecule has 0 aromatic heterocycles. The molecule has 0 unspecified atom stereocenters. The first-order valence-corrected chi connectivity index (χ1v) is 7.95. The molecule has 0 bridgehead atoms. The Morgan fingerprint density at radius 1 is 1.16 bits per heavy atom. The quantitative estimate of drug-likeness (QED) is 0.705. The molecule has 19 heavy (non-hydrogen) atoms. The number of carbonyl (C=O) groups excluding carboxylic acids is 1. The highest BCUT2D eigenvalue weighted by Crippen LogP contribution is 2.22. The summed E-state index contributed by atoms with van der Waals surface area (Å²) in [5, 5.41) is 0. The maximum Gasteiger partial charge on any atom is 0.255 e. The van der Waals surface area contributed by atoms with E-state index in [2.05, 4.69) is 29.8 Å².